The maximum absolute atomic E-state index is 13.2. The zero-order valence-electron chi connectivity index (χ0n) is 13.8. The van der Waals surface area contributed by atoms with Gasteiger partial charge in [0.1, 0.15) is 5.75 Å². The van der Waals surface area contributed by atoms with Gasteiger partial charge in [0, 0.05) is 18.3 Å². The average molecular weight is 338 g/mol. The molecule has 0 aliphatic carbocycles. The number of pyridine rings is 1. The summed E-state index contributed by atoms with van der Waals surface area (Å²) in [7, 11) is 1.64. The number of hydrogen-bond donors (Lipinski definition) is 1. The number of fused-ring (bicyclic) bond motifs is 1. The van der Waals surface area contributed by atoms with Crippen molar-refractivity contribution < 1.29 is 9.53 Å². The molecule has 0 spiro atoms. The van der Waals surface area contributed by atoms with Crippen LogP contribution in [0.5, 0.6) is 5.75 Å². The first-order valence-electron chi connectivity index (χ1n) is 8.20. The fourth-order valence-electron chi connectivity index (χ4n) is 3.53. The van der Waals surface area contributed by atoms with E-state index in [2.05, 4.69) is 10.2 Å². The summed E-state index contributed by atoms with van der Waals surface area (Å²) >= 11 is 0. The van der Waals surface area contributed by atoms with Crippen LogP contribution in [0.2, 0.25) is 0 Å². The minimum absolute atomic E-state index is 0.0467. The number of H-pyrrole nitrogens is 1. The topological polar surface area (TPSA) is 79.7 Å². The number of nitrogens with zero attached hydrogens (tertiary/aromatic N) is 3. The molecule has 7 heteroatoms. The van der Waals surface area contributed by atoms with Crippen LogP contribution in [0.3, 0.4) is 0 Å². The number of nitrogens with one attached hydrogen (secondary N) is 1. The van der Waals surface area contributed by atoms with Crippen LogP contribution in [0.4, 0.5) is 0 Å². The van der Waals surface area contributed by atoms with E-state index in [9.17, 15) is 9.59 Å². The molecule has 3 aromatic rings. The smallest absolute Gasteiger partial charge is 0.347 e. The number of para-hydroxylation sites is 1. The third kappa shape index (κ3) is 2.48. The summed E-state index contributed by atoms with van der Waals surface area (Å²) < 4.78 is 6.81. The highest BCUT2D eigenvalue weighted by atomic mass is 16.5. The highest BCUT2D eigenvalue weighted by Crippen LogP contribution is 2.37. The molecule has 1 aliphatic heterocycles. The highest BCUT2D eigenvalue weighted by molar-refractivity contribution is 6.00. The molecule has 1 fully saturated rings. The lowest BCUT2D eigenvalue weighted by atomic mass is 10.0. The first-order chi connectivity index (χ1) is 12.2. The number of rotatable bonds is 3. The summed E-state index contributed by atoms with van der Waals surface area (Å²) in [5, 5.41) is 6.39. The molecule has 1 amide bonds. The van der Waals surface area contributed by atoms with Crippen molar-refractivity contribution in [2.24, 2.45) is 0 Å². The van der Waals surface area contributed by atoms with Crippen LogP contribution in [0.25, 0.3) is 5.65 Å². The Labute approximate surface area is 143 Å². The summed E-state index contributed by atoms with van der Waals surface area (Å²) in [6, 6.07) is 11.1. The molecule has 1 atom stereocenters. The van der Waals surface area contributed by atoms with E-state index in [4.69, 9.17) is 4.74 Å². The third-order valence-electron chi connectivity index (χ3n) is 4.69. The van der Waals surface area contributed by atoms with E-state index in [0.29, 0.717) is 17.8 Å². The van der Waals surface area contributed by atoms with Crippen molar-refractivity contribution in [3.8, 4) is 5.75 Å². The molecule has 1 saturated heterocycles. The monoisotopic (exact) mass is 338 g/mol. The zero-order valence-corrected chi connectivity index (χ0v) is 13.8. The van der Waals surface area contributed by atoms with Crippen molar-refractivity contribution in [1.82, 2.24) is 19.5 Å². The van der Waals surface area contributed by atoms with Crippen LogP contribution in [-0.2, 0) is 0 Å². The van der Waals surface area contributed by atoms with E-state index < -0.39 is 0 Å². The standard InChI is InChI=1S/C18H18N4O3/c1-25-15-9-3-2-6-12(15)14-8-5-10-21(14)17(23)13-7-4-11-22-16(13)19-20-18(22)24/h2-4,6-7,9,11,14H,5,8,10H2,1H3,(H,20,24). The molecule has 1 aromatic carbocycles. The summed E-state index contributed by atoms with van der Waals surface area (Å²) in [6.45, 7) is 0.664. The lowest BCUT2D eigenvalue weighted by Crippen LogP contribution is -2.31. The van der Waals surface area contributed by atoms with E-state index in [-0.39, 0.29) is 17.6 Å². The van der Waals surface area contributed by atoms with Gasteiger partial charge in [0.2, 0.25) is 0 Å². The Morgan fingerprint density at radius 2 is 2.12 bits per heavy atom. The van der Waals surface area contributed by atoms with Crippen molar-refractivity contribution in [1.29, 1.82) is 0 Å². The minimum atomic E-state index is -0.354. The van der Waals surface area contributed by atoms with Crippen LogP contribution >= 0.6 is 0 Å². The van der Waals surface area contributed by atoms with Crippen molar-refractivity contribution >= 4 is 11.6 Å². The summed E-state index contributed by atoms with van der Waals surface area (Å²) in [4.78, 5) is 26.8. The first-order valence-corrected chi connectivity index (χ1v) is 8.20. The Morgan fingerprint density at radius 1 is 1.28 bits per heavy atom. The van der Waals surface area contributed by atoms with E-state index in [0.717, 1.165) is 24.2 Å². The maximum atomic E-state index is 13.2. The van der Waals surface area contributed by atoms with Crippen LogP contribution < -0.4 is 10.4 Å². The van der Waals surface area contributed by atoms with Crippen LogP contribution in [0, 0.1) is 0 Å². The lowest BCUT2D eigenvalue weighted by molar-refractivity contribution is 0.0735. The fraction of sp³-hybridized carbons (Fsp3) is 0.278. The molecule has 25 heavy (non-hydrogen) atoms. The van der Waals surface area contributed by atoms with Crippen LogP contribution in [0.1, 0.15) is 34.8 Å². The number of amides is 1. The van der Waals surface area contributed by atoms with Gasteiger partial charge in [0.05, 0.1) is 18.7 Å². The SMILES string of the molecule is COc1ccccc1C1CCCN1C(=O)c1cccn2c(=O)[nH]nc12. The number of methoxy groups -OCH3 is 1. The second-order valence-electron chi connectivity index (χ2n) is 6.04. The quantitative estimate of drug-likeness (QED) is 0.792. The molecule has 4 rings (SSSR count). The molecule has 128 valence electrons. The van der Waals surface area contributed by atoms with Gasteiger partial charge < -0.3 is 9.64 Å². The molecule has 0 radical (unpaired) electrons. The first kappa shape index (κ1) is 15.4. The Morgan fingerprint density at radius 3 is 2.96 bits per heavy atom. The van der Waals surface area contributed by atoms with Gasteiger partial charge in [0.15, 0.2) is 5.65 Å². The Kier molecular flexibility index (Phi) is 3.76. The molecular weight excluding hydrogens is 320 g/mol. The molecule has 7 nitrogen and oxygen atoms in total. The third-order valence-corrected chi connectivity index (χ3v) is 4.69. The summed E-state index contributed by atoms with van der Waals surface area (Å²) in [6.07, 6.45) is 3.40. The van der Waals surface area contributed by atoms with Crippen molar-refractivity contribution in [2.45, 2.75) is 18.9 Å². The predicted octanol–water partition coefficient (Wildman–Crippen LogP) is 2.01. The van der Waals surface area contributed by atoms with E-state index in [1.807, 2.05) is 29.2 Å². The van der Waals surface area contributed by atoms with Crippen LogP contribution in [-0.4, -0.2) is 39.1 Å². The van der Waals surface area contributed by atoms with Gasteiger partial charge in [-0.15, -0.1) is 0 Å². The predicted molar refractivity (Wildman–Crippen MR) is 91.8 cm³/mol. The number of likely N-dealkylation sites (tertiary alicyclic amines) is 1. The largest absolute Gasteiger partial charge is 0.496 e. The van der Waals surface area contributed by atoms with Gasteiger partial charge in [-0.05, 0) is 31.0 Å². The van der Waals surface area contributed by atoms with Crippen LogP contribution in [0.15, 0.2) is 47.4 Å². The molecule has 2 aromatic heterocycles. The molecule has 1 aliphatic rings. The van der Waals surface area contributed by atoms with Crippen molar-refractivity contribution in [2.75, 3.05) is 13.7 Å². The van der Waals surface area contributed by atoms with E-state index in [1.165, 1.54) is 4.40 Å². The van der Waals surface area contributed by atoms with E-state index >= 15 is 0 Å². The number of carbonyl (C=O) groups is 1. The molecular formula is C18H18N4O3. The highest BCUT2D eigenvalue weighted by Gasteiger charge is 2.33. The Hall–Kier alpha value is -3.09. The second kappa shape index (κ2) is 6.08. The maximum Gasteiger partial charge on any atom is 0.347 e. The second-order valence-corrected chi connectivity index (χ2v) is 6.04. The van der Waals surface area contributed by atoms with Crippen molar-refractivity contribution in [3.05, 3.63) is 64.2 Å². The van der Waals surface area contributed by atoms with E-state index in [1.54, 1.807) is 25.4 Å². The lowest BCUT2D eigenvalue weighted by Gasteiger charge is -2.26. The molecule has 1 unspecified atom stereocenters. The number of aromatic nitrogens is 3. The number of ether oxygens (including phenoxy) is 1. The minimum Gasteiger partial charge on any atom is -0.496 e. The summed E-state index contributed by atoms with van der Waals surface area (Å²) in [5.74, 6) is 0.652. The fourth-order valence-corrected chi connectivity index (χ4v) is 3.53. The average Bonchev–Trinajstić information content (AvgIpc) is 3.28. The van der Waals surface area contributed by atoms with Gasteiger partial charge >= 0.3 is 5.69 Å². The van der Waals surface area contributed by atoms with Gasteiger partial charge in [-0.2, -0.15) is 5.10 Å². The number of aromatic amines is 1. The van der Waals surface area contributed by atoms with Gasteiger partial charge in [-0.25, -0.2) is 14.3 Å². The zero-order chi connectivity index (χ0) is 17.4. The number of hydrogen-bond acceptors (Lipinski definition) is 4. The Bertz CT molecular complexity index is 991. The Balaban J connectivity index is 1.75. The number of benzene rings is 1. The molecule has 3 heterocycles. The van der Waals surface area contributed by atoms with Crippen molar-refractivity contribution in [3.63, 3.8) is 0 Å². The van der Waals surface area contributed by atoms with Gasteiger partial charge in [-0.1, -0.05) is 18.2 Å². The molecule has 0 bridgehead atoms. The summed E-state index contributed by atoms with van der Waals surface area (Å²) in [5.41, 5.74) is 1.42. The molecule has 1 N–H and O–H groups in total. The van der Waals surface area contributed by atoms with Gasteiger partial charge in [-0.3, -0.25) is 4.79 Å². The van der Waals surface area contributed by atoms with Gasteiger partial charge in [0.25, 0.3) is 5.91 Å². The number of carbonyl (C=O) groups excluding carboxylic acids is 1. The molecule has 0 saturated carbocycles. The normalized spacial score (nSPS) is 17.2.